The van der Waals surface area contributed by atoms with Gasteiger partial charge < -0.3 is 24.1 Å². The molecule has 2 N–H and O–H groups in total. The molecule has 0 aromatic carbocycles. The molecular formula is C9H21NO4Si. The van der Waals surface area contributed by atoms with E-state index >= 15 is 0 Å². The molecular weight excluding hydrogens is 214 g/mol. The van der Waals surface area contributed by atoms with Crippen LogP contribution >= 0.6 is 0 Å². The van der Waals surface area contributed by atoms with Crippen LogP contribution in [0, 0.1) is 0 Å². The molecule has 0 amide bonds. The molecule has 6 heteroatoms. The zero-order chi connectivity index (χ0) is 11.3. The second-order valence-electron chi connectivity index (χ2n) is 4.23. The van der Waals surface area contributed by atoms with Gasteiger partial charge >= 0.3 is 9.28 Å². The highest BCUT2D eigenvalue weighted by Crippen LogP contribution is 2.14. The van der Waals surface area contributed by atoms with E-state index in [1.807, 2.05) is 6.92 Å². The molecule has 0 aromatic heterocycles. The minimum absolute atomic E-state index is 0.290. The van der Waals surface area contributed by atoms with Gasteiger partial charge in [0.25, 0.3) is 0 Å². The Labute approximate surface area is 92.7 Å². The fourth-order valence-electron chi connectivity index (χ4n) is 1.29. The van der Waals surface area contributed by atoms with Crippen molar-refractivity contribution in [1.82, 2.24) is 0 Å². The number of epoxide rings is 1. The molecule has 90 valence electrons. The van der Waals surface area contributed by atoms with Gasteiger partial charge in [-0.05, 0) is 6.92 Å². The van der Waals surface area contributed by atoms with Crippen LogP contribution in [0.4, 0.5) is 0 Å². The highest BCUT2D eigenvalue weighted by atomic mass is 28.3. The van der Waals surface area contributed by atoms with Crippen molar-refractivity contribution in [3.05, 3.63) is 0 Å². The SMILES string of the molecule is CO[SiH](CC(C)(N)COCC1CO1)OC. The molecule has 1 saturated heterocycles. The molecule has 0 aliphatic carbocycles. The standard InChI is InChI=1S/C9H21NO4Si/c1-9(10,7-15(11-2)12-3)6-13-4-8-5-14-8/h8,15H,4-7,10H2,1-3H3. The number of nitrogens with two attached hydrogens (primary N) is 1. The van der Waals surface area contributed by atoms with E-state index < -0.39 is 9.28 Å². The van der Waals surface area contributed by atoms with Gasteiger partial charge in [0.05, 0.1) is 19.8 Å². The number of ether oxygens (including phenoxy) is 2. The molecule has 5 nitrogen and oxygen atoms in total. The van der Waals surface area contributed by atoms with Gasteiger partial charge in [0.2, 0.25) is 0 Å². The van der Waals surface area contributed by atoms with Crippen LogP contribution in [0.15, 0.2) is 0 Å². The van der Waals surface area contributed by atoms with E-state index in [9.17, 15) is 0 Å². The summed E-state index contributed by atoms with van der Waals surface area (Å²) in [6.07, 6.45) is 0.290. The predicted molar refractivity (Wildman–Crippen MR) is 59.1 cm³/mol. The van der Waals surface area contributed by atoms with E-state index in [1.54, 1.807) is 14.2 Å². The average molecular weight is 235 g/mol. The molecule has 0 aromatic rings. The Bertz CT molecular complexity index is 183. The molecule has 2 unspecified atom stereocenters. The van der Waals surface area contributed by atoms with Crippen molar-refractivity contribution in [3.63, 3.8) is 0 Å². The Balaban J connectivity index is 2.16. The van der Waals surface area contributed by atoms with Crippen molar-refractivity contribution >= 4 is 9.28 Å². The summed E-state index contributed by atoms with van der Waals surface area (Å²) < 4.78 is 21.0. The molecule has 1 aliphatic rings. The molecule has 1 aliphatic heterocycles. The molecule has 1 rings (SSSR count). The first-order valence-electron chi connectivity index (χ1n) is 5.11. The summed E-state index contributed by atoms with van der Waals surface area (Å²) in [7, 11) is 1.72. The van der Waals surface area contributed by atoms with Crippen LogP contribution < -0.4 is 5.73 Å². The van der Waals surface area contributed by atoms with Crippen molar-refractivity contribution in [1.29, 1.82) is 0 Å². The maximum atomic E-state index is 6.08. The summed E-state index contributed by atoms with van der Waals surface area (Å²) in [5, 5.41) is 0. The zero-order valence-corrected chi connectivity index (χ0v) is 10.8. The van der Waals surface area contributed by atoms with Crippen LogP contribution in [0.5, 0.6) is 0 Å². The van der Waals surface area contributed by atoms with Crippen LogP contribution in [-0.4, -0.2) is 55.0 Å². The third-order valence-corrected chi connectivity index (χ3v) is 4.61. The monoisotopic (exact) mass is 235 g/mol. The molecule has 0 bridgehead atoms. The van der Waals surface area contributed by atoms with E-state index in [0.29, 0.717) is 19.3 Å². The third-order valence-electron chi connectivity index (χ3n) is 2.30. The van der Waals surface area contributed by atoms with E-state index in [2.05, 4.69) is 0 Å². The lowest BCUT2D eigenvalue weighted by molar-refractivity contribution is 0.0812. The molecule has 0 saturated carbocycles. The molecule has 1 fully saturated rings. The van der Waals surface area contributed by atoms with Gasteiger partial charge in [-0.1, -0.05) is 0 Å². The second-order valence-corrected chi connectivity index (χ2v) is 6.44. The Hall–Kier alpha value is 0.0169. The van der Waals surface area contributed by atoms with Crippen molar-refractivity contribution in [2.24, 2.45) is 5.73 Å². The number of hydrogen-bond donors (Lipinski definition) is 1. The minimum Gasteiger partial charge on any atom is -0.400 e. The highest BCUT2D eigenvalue weighted by molar-refractivity contribution is 6.44. The van der Waals surface area contributed by atoms with Gasteiger partial charge in [0.1, 0.15) is 6.10 Å². The Morgan fingerprint density at radius 3 is 2.53 bits per heavy atom. The molecule has 1 heterocycles. The van der Waals surface area contributed by atoms with Gasteiger partial charge in [-0.3, -0.25) is 0 Å². The van der Waals surface area contributed by atoms with E-state index in [4.69, 9.17) is 24.1 Å². The fraction of sp³-hybridized carbons (Fsp3) is 1.00. The lowest BCUT2D eigenvalue weighted by Crippen LogP contribution is -2.46. The molecule has 2 atom stereocenters. The van der Waals surface area contributed by atoms with Crippen molar-refractivity contribution in [2.45, 2.75) is 24.6 Å². The maximum absolute atomic E-state index is 6.08. The van der Waals surface area contributed by atoms with Crippen LogP contribution in [0.3, 0.4) is 0 Å². The number of rotatable bonds is 8. The van der Waals surface area contributed by atoms with Crippen molar-refractivity contribution in [3.8, 4) is 0 Å². The van der Waals surface area contributed by atoms with Crippen LogP contribution in [0.2, 0.25) is 6.04 Å². The molecule has 15 heavy (non-hydrogen) atoms. The normalized spacial score (nSPS) is 24.2. The van der Waals surface area contributed by atoms with E-state index in [-0.39, 0.29) is 5.54 Å². The molecule has 0 radical (unpaired) electrons. The van der Waals surface area contributed by atoms with Crippen molar-refractivity contribution in [2.75, 3.05) is 34.0 Å². The predicted octanol–water partition coefficient (Wildman–Crippen LogP) is -0.367. The smallest absolute Gasteiger partial charge is 0.322 e. The quantitative estimate of drug-likeness (QED) is 0.459. The first kappa shape index (κ1) is 13.1. The van der Waals surface area contributed by atoms with Gasteiger partial charge in [0, 0.05) is 25.8 Å². The lowest BCUT2D eigenvalue weighted by atomic mass is 10.1. The van der Waals surface area contributed by atoms with Gasteiger partial charge in [-0.2, -0.15) is 0 Å². The minimum atomic E-state index is -1.60. The van der Waals surface area contributed by atoms with Crippen LogP contribution in [0.25, 0.3) is 0 Å². The summed E-state index contributed by atoms with van der Waals surface area (Å²) in [6.45, 7) is 3.93. The average Bonchev–Trinajstić information content (AvgIpc) is 2.98. The summed E-state index contributed by atoms with van der Waals surface area (Å²) in [6, 6.07) is 0.742. The van der Waals surface area contributed by atoms with E-state index in [0.717, 1.165) is 12.7 Å². The van der Waals surface area contributed by atoms with Gasteiger partial charge in [0.15, 0.2) is 0 Å². The van der Waals surface area contributed by atoms with Crippen molar-refractivity contribution < 1.29 is 18.3 Å². The van der Waals surface area contributed by atoms with Gasteiger partial charge in [-0.15, -0.1) is 0 Å². The number of hydrogen-bond acceptors (Lipinski definition) is 5. The van der Waals surface area contributed by atoms with Gasteiger partial charge in [-0.25, -0.2) is 0 Å². The maximum Gasteiger partial charge on any atom is 0.322 e. The lowest BCUT2D eigenvalue weighted by Gasteiger charge is -2.26. The first-order chi connectivity index (χ1) is 7.07. The van der Waals surface area contributed by atoms with Crippen LogP contribution in [0.1, 0.15) is 6.92 Å². The summed E-state index contributed by atoms with van der Waals surface area (Å²) >= 11 is 0. The summed E-state index contributed by atoms with van der Waals surface area (Å²) in [4.78, 5) is 0. The van der Waals surface area contributed by atoms with E-state index in [1.165, 1.54) is 0 Å². The summed E-state index contributed by atoms with van der Waals surface area (Å²) in [5.41, 5.74) is 5.71. The van der Waals surface area contributed by atoms with Crippen LogP contribution in [-0.2, 0) is 18.3 Å². The molecule has 0 spiro atoms. The first-order valence-corrected chi connectivity index (χ1v) is 6.87. The topological polar surface area (TPSA) is 66.2 Å². The Kier molecular flexibility index (Phi) is 5.17. The second kappa shape index (κ2) is 5.93. The summed E-state index contributed by atoms with van der Waals surface area (Å²) in [5.74, 6) is 0. The zero-order valence-electron chi connectivity index (χ0n) is 9.69. The largest absolute Gasteiger partial charge is 0.400 e. The fourth-order valence-corrected chi connectivity index (χ4v) is 2.70. The third kappa shape index (κ3) is 5.60. The highest BCUT2D eigenvalue weighted by Gasteiger charge is 2.28. The Morgan fingerprint density at radius 1 is 1.47 bits per heavy atom. The Morgan fingerprint density at radius 2 is 2.07 bits per heavy atom.